The summed E-state index contributed by atoms with van der Waals surface area (Å²) >= 11 is 11.1. The molecule has 0 aliphatic heterocycles. The summed E-state index contributed by atoms with van der Waals surface area (Å²) in [6, 6.07) is 1.33. The molecule has 0 bridgehead atoms. The van der Waals surface area contributed by atoms with Crippen LogP contribution in [0, 0.1) is 4.77 Å². The van der Waals surface area contributed by atoms with Gasteiger partial charge in [0.2, 0.25) is 5.91 Å². The average Bonchev–Trinajstić information content (AvgIpc) is 2.62. The van der Waals surface area contributed by atoms with Gasteiger partial charge in [-0.1, -0.05) is 11.6 Å². The fourth-order valence-corrected chi connectivity index (χ4v) is 2.34. The molecule has 0 aliphatic carbocycles. The summed E-state index contributed by atoms with van der Waals surface area (Å²) in [5.41, 5.74) is 1.36. The Morgan fingerprint density at radius 3 is 2.89 bits per heavy atom. The van der Waals surface area contributed by atoms with Gasteiger partial charge in [-0.3, -0.25) is 9.36 Å². The number of amides is 1. The number of fused-ring (bicyclic) bond motifs is 1. The normalized spacial score (nSPS) is 12.7. The van der Waals surface area contributed by atoms with Gasteiger partial charge in [-0.2, -0.15) is 0 Å². The fraction of sp³-hybridized carbons (Fsp3) is 0.364. The largest absolute Gasteiger partial charge is 0.347 e. The fourth-order valence-electron chi connectivity index (χ4n) is 1.83. The lowest BCUT2D eigenvalue weighted by molar-refractivity contribution is -0.131. The summed E-state index contributed by atoms with van der Waals surface area (Å²) in [5.74, 6) is -0.0382. The molecule has 0 spiro atoms. The minimum Gasteiger partial charge on any atom is -0.347 e. The molecule has 2 aromatic heterocycles. The van der Waals surface area contributed by atoms with Gasteiger partial charge in [0, 0.05) is 20.3 Å². The quantitative estimate of drug-likeness (QED) is 0.862. The lowest BCUT2D eigenvalue weighted by Crippen LogP contribution is -2.30. The number of nitrogens with one attached hydrogen (secondary N) is 1. The van der Waals surface area contributed by atoms with Crippen molar-refractivity contribution in [2.75, 3.05) is 14.1 Å². The molecule has 0 fully saturated rings. The number of hydrogen-bond acceptors (Lipinski definition) is 3. The van der Waals surface area contributed by atoms with Gasteiger partial charge in [-0.25, -0.2) is 4.98 Å². The van der Waals surface area contributed by atoms with E-state index in [0.717, 1.165) is 5.52 Å². The van der Waals surface area contributed by atoms with Crippen LogP contribution in [0.15, 0.2) is 12.3 Å². The number of carbonyl (C=O) groups excluding carboxylic acids is 1. The van der Waals surface area contributed by atoms with E-state index in [4.69, 9.17) is 23.8 Å². The van der Waals surface area contributed by atoms with Crippen LogP contribution in [0.2, 0.25) is 5.02 Å². The van der Waals surface area contributed by atoms with Crippen molar-refractivity contribution in [2.45, 2.75) is 13.0 Å². The van der Waals surface area contributed by atoms with Gasteiger partial charge < -0.3 is 9.88 Å². The van der Waals surface area contributed by atoms with Crippen LogP contribution in [-0.4, -0.2) is 39.4 Å². The zero-order chi connectivity index (χ0) is 13.4. The van der Waals surface area contributed by atoms with Crippen molar-refractivity contribution in [1.82, 2.24) is 19.4 Å². The van der Waals surface area contributed by atoms with Crippen molar-refractivity contribution < 1.29 is 4.79 Å². The van der Waals surface area contributed by atoms with Crippen LogP contribution >= 0.6 is 23.8 Å². The van der Waals surface area contributed by atoms with Gasteiger partial charge >= 0.3 is 0 Å². The average molecular weight is 285 g/mol. The lowest BCUT2D eigenvalue weighted by atomic mass is 10.3. The Bertz CT molecular complexity index is 661. The SMILES string of the molecule is CC(C(=O)N(C)C)n1c(=S)[nH]c2cc(Cl)cnc21. The van der Waals surface area contributed by atoms with E-state index in [0.29, 0.717) is 15.4 Å². The molecular weight excluding hydrogens is 272 g/mol. The summed E-state index contributed by atoms with van der Waals surface area (Å²) in [6.07, 6.45) is 1.54. The topological polar surface area (TPSA) is 53.9 Å². The van der Waals surface area contributed by atoms with Crippen LogP contribution in [0.4, 0.5) is 0 Å². The number of H-pyrrole nitrogens is 1. The van der Waals surface area contributed by atoms with Crippen LogP contribution < -0.4 is 0 Å². The minimum absolute atomic E-state index is 0.0382. The van der Waals surface area contributed by atoms with E-state index < -0.39 is 6.04 Å². The molecule has 2 aromatic rings. The molecule has 1 atom stereocenters. The van der Waals surface area contributed by atoms with Crippen LogP contribution in [-0.2, 0) is 4.79 Å². The molecule has 0 aromatic carbocycles. The van der Waals surface area contributed by atoms with Gasteiger partial charge in [-0.05, 0) is 25.2 Å². The predicted octanol–water partition coefficient (Wildman–Crippen LogP) is 2.40. The monoisotopic (exact) mass is 284 g/mol. The highest BCUT2D eigenvalue weighted by atomic mass is 35.5. The number of carbonyl (C=O) groups is 1. The summed E-state index contributed by atoms with van der Waals surface area (Å²) in [7, 11) is 3.42. The van der Waals surface area contributed by atoms with E-state index in [1.165, 1.54) is 11.1 Å². The van der Waals surface area contributed by atoms with Gasteiger partial charge in [0.25, 0.3) is 0 Å². The number of likely N-dealkylation sites (N-methyl/N-ethyl adjacent to an activating group) is 1. The van der Waals surface area contributed by atoms with Crippen molar-refractivity contribution in [2.24, 2.45) is 0 Å². The predicted molar refractivity (Wildman–Crippen MR) is 73.3 cm³/mol. The Hall–Kier alpha value is -1.40. The first-order valence-electron chi connectivity index (χ1n) is 5.38. The minimum atomic E-state index is -0.407. The van der Waals surface area contributed by atoms with Crippen molar-refractivity contribution >= 4 is 40.9 Å². The summed E-state index contributed by atoms with van der Waals surface area (Å²) in [5, 5.41) is 0.525. The molecule has 7 heteroatoms. The standard InChI is InChI=1S/C11H13ClN4OS/c1-6(10(17)15(2)3)16-9-8(14-11(16)18)4-7(12)5-13-9/h4-6H,1-3H3,(H,14,18). The second kappa shape index (κ2) is 4.70. The molecule has 96 valence electrons. The second-order valence-electron chi connectivity index (χ2n) is 4.23. The third kappa shape index (κ3) is 2.13. The van der Waals surface area contributed by atoms with Crippen LogP contribution in [0.25, 0.3) is 11.2 Å². The Balaban J connectivity index is 2.61. The van der Waals surface area contributed by atoms with Crippen molar-refractivity contribution in [3.05, 3.63) is 22.1 Å². The zero-order valence-electron chi connectivity index (χ0n) is 10.3. The first-order chi connectivity index (χ1) is 8.41. The molecule has 2 rings (SSSR count). The molecule has 1 unspecified atom stereocenters. The van der Waals surface area contributed by atoms with E-state index in [1.54, 1.807) is 31.7 Å². The molecule has 0 saturated carbocycles. The number of nitrogens with zero attached hydrogens (tertiary/aromatic N) is 3. The molecule has 2 heterocycles. The Morgan fingerprint density at radius 2 is 2.28 bits per heavy atom. The summed E-state index contributed by atoms with van der Waals surface area (Å²) in [6.45, 7) is 1.79. The highest BCUT2D eigenvalue weighted by molar-refractivity contribution is 7.71. The highest BCUT2D eigenvalue weighted by Gasteiger charge is 2.20. The molecular formula is C11H13ClN4OS. The van der Waals surface area contributed by atoms with E-state index in [1.807, 2.05) is 0 Å². The number of pyridine rings is 1. The maximum absolute atomic E-state index is 12.0. The van der Waals surface area contributed by atoms with Gasteiger partial charge in [-0.15, -0.1) is 0 Å². The van der Waals surface area contributed by atoms with Crippen LogP contribution in [0.3, 0.4) is 0 Å². The number of rotatable bonds is 2. The first kappa shape index (κ1) is 13.0. The zero-order valence-corrected chi connectivity index (χ0v) is 11.8. The van der Waals surface area contributed by atoms with Gasteiger partial charge in [0.15, 0.2) is 10.4 Å². The molecule has 5 nitrogen and oxygen atoms in total. The van der Waals surface area contributed by atoms with E-state index in [2.05, 4.69) is 9.97 Å². The Morgan fingerprint density at radius 1 is 1.61 bits per heavy atom. The van der Waals surface area contributed by atoms with E-state index in [9.17, 15) is 4.79 Å². The number of halogens is 1. The van der Waals surface area contributed by atoms with E-state index in [-0.39, 0.29) is 5.91 Å². The summed E-state index contributed by atoms with van der Waals surface area (Å²) in [4.78, 5) is 20.8. The summed E-state index contributed by atoms with van der Waals surface area (Å²) < 4.78 is 2.16. The molecule has 1 amide bonds. The number of hydrogen-bond donors (Lipinski definition) is 1. The number of aromatic nitrogens is 3. The van der Waals surface area contributed by atoms with Crippen molar-refractivity contribution in [1.29, 1.82) is 0 Å². The van der Waals surface area contributed by atoms with Crippen LogP contribution in [0.5, 0.6) is 0 Å². The Kier molecular flexibility index (Phi) is 3.41. The smallest absolute Gasteiger partial charge is 0.244 e. The molecule has 18 heavy (non-hydrogen) atoms. The maximum atomic E-state index is 12.0. The lowest BCUT2D eigenvalue weighted by Gasteiger charge is -2.18. The third-order valence-corrected chi connectivity index (χ3v) is 3.21. The van der Waals surface area contributed by atoms with Crippen molar-refractivity contribution in [3.63, 3.8) is 0 Å². The second-order valence-corrected chi connectivity index (χ2v) is 5.06. The van der Waals surface area contributed by atoms with Crippen LogP contribution in [0.1, 0.15) is 13.0 Å². The molecule has 0 radical (unpaired) electrons. The molecule has 1 N–H and O–H groups in total. The van der Waals surface area contributed by atoms with Crippen molar-refractivity contribution in [3.8, 4) is 0 Å². The highest BCUT2D eigenvalue weighted by Crippen LogP contribution is 2.20. The molecule has 0 saturated heterocycles. The van der Waals surface area contributed by atoms with Gasteiger partial charge in [0.1, 0.15) is 6.04 Å². The number of imidazole rings is 1. The first-order valence-corrected chi connectivity index (χ1v) is 6.17. The third-order valence-electron chi connectivity index (χ3n) is 2.71. The van der Waals surface area contributed by atoms with Gasteiger partial charge in [0.05, 0.1) is 10.5 Å². The molecule has 0 aliphatic rings. The Labute approximate surface area is 114 Å². The maximum Gasteiger partial charge on any atom is 0.244 e. The van der Waals surface area contributed by atoms with E-state index >= 15 is 0 Å². The number of aromatic amines is 1.